The first kappa shape index (κ1) is 40.1. The molecule has 0 fully saturated rings. The number of amides is 1. The number of nitrogens with one attached hydrogen (secondary N) is 1. The van der Waals surface area contributed by atoms with Gasteiger partial charge in [-0.05, 0) is 65.4 Å². The van der Waals surface area contributed by atoms with Crippen molar-refractivity contribution in [1.82, 2.24) is 20.0 Å². The second-order valence-electron chi connectivity index (χ2n) is 11.3. The summed E-state index contributed by atoms with van der Waals surface area (Å²) in [6.07, 6.45) is 0.296. The number of aromatic nitrogens is 2. The fourth-order valence-corrected chi connectivity index (χ4v) is 5.24. The maximum Gasteiger partial charge on any atom is 0.422 e. The molecule has 1 aromatic heterocycles. The molecule has 1 heterocycles. The van der Waals surface area contributed by atoms with Crippen LogP contribution in [0.5, 0.6) is 0 Å². The number of rotatable bonds is 14. The zero-order valence-electron chi connectivity index (χ0n) is 27.5. The standard InChI is InChI=1S/C22H35F3N4O2.C10H14F3N/c1-5-7-8-13-28(12-6-2)18(30)11-14-29(15(3)4)17-10-9-16-19(22(23,24)25)21(31)27-26-20(16)17;1-4-6-8(3)14-7-9(5-2)10(11,12)13/h15,17H,5-14H2,1-4H3,(H,27,31);5-7H,4H2,1-3H3/b;8-6+,9-5+,14-7+. The molecule has 1 aromatic rings. The number of carbonyl (C=O) groups is 1. The van der Waals surface area contributed by atoms with E-state index in [1.165, 1.54) is 6.92 Å². The Morgan fingerprint density at radius 2 is 1.73 bits per heavy atom. The van der Waals surface area contributed by atoms with E-state index >= 15 is 0 Å². The minimum atomic E-state index is -4.72. The summed E-state index contributed by atoms with van der Waals surface area (Å²) in [7, 11) is 0. The van der Waals surface area contributed by atoms with Crippen LogP contribution in [0, 0.1) is 0 Å². The van der Waals surface area contributed by atoms with Gasteiger partial charge in [0.25, 0.3) is 5.56 Å². The van der Waals surface area contributed by atoms with Gasteiger partial charge in [-0.3, -0.25) is 19.5 Å². The molecule has 0 spiro atoms. The van der Waals surface area contributed by atoms with Crippen molar-refractivity contribution in [2.24, 2.45) is 4.99 Å². The highest BCUT2D eigenvalue weighted by atomic mass is 19.4. The molecular formula is C32H49F6N5O2. The van der Waals surface area contributed by atoms with Gasteiger partial charge in [0.2, 0.25) is 5.91 Å². The lowest BCUT2D eigenvalue weighted by molar-refractivity contribution is -0.139. The number of fused-ring (bicyclic) bond motifs is 1. The number of nitrogens with zero attached hydrogens (tertiary/aromatic N) is 4. The molecule has 0 radical (unpaired) electrons. The third-order valence-corrected chi connectivity index (χ3v) is 7.45. The molecule has 0 saturated carbocycles. The van der Waals surface area contributed by atoms with Crippen molar-refractivity contribution < 1.29 is 31.1 Å². The summed E-state index contributed by atoms with van der Waals surface area (Å²) in [6, 6.07) is -0.327. The lowest BCUT2D eigenvalue weighted by Gasteiger charge is -2.33. The molecule has 1 atom stereocenters. The molecule has 1 aliphatic rings. The van der Waals surface area contributed by atoms with Gasteiger partial charge in [-0.2, -0.15) is 31.4 Å². The molecule has 1 unspecified atom stereocenters. The van der Waals surface area contributed by atoms with Gasteiger partial charge in [-0.25, -0.2) is 5.10 Å². The van der Waals surface area contributed by atoms with Crippen molar-refractivity contribution in [2.45, 2.75) is 124 Å². The van der Waals surface area contributed by atoms with E-state index in [2.05, 4.69) is 17.0 Å². The maximum absolute atomic E-state index is 13.4. The Balaban J connectivity index is 0.000000609. The van der Waals surface area contributed by atoms with E-state index in [1.54, 1.807) is 13.0 Å². The van der Waals surface area contributed by atoms with Crippen LogP contribution in [0.1, 0.15) is 116 Å². The van der Waals surface area contributed by atoms with E-state index in [4.69, 9.17) is 0 Å². The van der Waals surface area contributed by atoms with Crippen molar-refractivity contribution in [3.63, 3.8) is 0 Å². The molecule has 0 aliphatic heterocycles. The summed E-state index contributed by atoms with van der Waals surface area (Å²) in [5.41, 5.74) is -2.19. The number of halogens is 6. The summed E-state index contributed by atoms with van der Waals surface area (Å²) < 4.78 is 76.8. The normalized spacial score (nSPS) is 15.9. The maximum atomic E-state index is 13.4. The van der Waals surface area contributed by atoms with Crippen LogP contribution in [0.25, 0.3) is 0 Å². The number of allylic oxidation sites excluding steroid dienone is 4. The van der Waals surface area contributed by atoms with E-state index in [1.807, 2.05) is 42.6 Å². The Labute approximate surface area is 262 Å². The predicted octanol–water partition coefficient (Wildman–Crippen LogP) is 8.18. The summed E-state index contributed by atoms with van der Waals surface area (Å²) in [6.45, 7) is 14.9. The van der Waals surface area contributed by atoms with E-state index in [0.717, 1.165) is 50.9 Å². The third kappa shape index (κ3) is 12.8. The fourth-order valence-electron chi connectivity index (χ4n) is 5.24. The van der Waals surface area contributed by atoms with Crippen molar-refractivity contribution in [1.29, 1.82) is 0 Å². The van der Waals surface area contributed by atoms with Gasteiger partial charge in [0.05, 0.1) is 17.3 Å². The van der Waals surface area contributed by atoms with Crippen molar-refractivity contribution in [3.8, 4) is 0 Å². The second-order valence-corrected chi connectivity index (χ2v) is 11.3. The monoisotopic (exact) mass is 649 g/mol. The fraction of sp³-hybridized carbons (Fsp3) is 0.688. The molecule has 7 nitrogen and oxygen atoms in total. The van der Waals surface area contributed by atoms with Crippen LogP contribution in [-0.4, -0.2) is 64.0 Å². The molecule has 1 aliphatic carbocycles. The number of aliphatic imine (C=N–C) groups is 1. The highest BCUT2D eigenvalue weighted by Gasteiger charge is 2.42. The van der Waals surface area contributed by atoms with Crippen molar-refractivity contribution in [3.05, 3.63) is 50.6 Å². The Kier molecular flexibility index (Phi) is 16.8. The Bertz CT molecular complexity index is 1220. The lowest BCUT2D eigenvalue weighted by atomic mass is 10.1. The van der Waals surface area contributed by atoms with Crippen molar-refractivity contribution >= 4 is 12.1 Å². The quantitative estimate of drug-likeness (QED) is 0.125. The number of H-pyrrole nitrogens is 1. The highest BCUT2D eigenvalue weighted by Crippen LogP contribution is 2.40. The first-order chi connectivity index (χ1) is 21.0. The number of unbranched alkanes of at least 4 members (excludes halogenated alkanes) is 2. The van der Waals surface area contributed by atoms with Crippen LogP contribution in [0.15, 0.2) is 33.2 Å². The van der Waals surface area contributed by atoms with Crippen LogP contribution >= 0.6 is 0 Å². The Hall–Kier alpha value is -2.96. The summed E-state index contributed by atoms with van der Waals surface area (Å²) in [4.78, 5) is 32.3. The molecule has 0 aromatic carbocycles. The third-order valence-electron chi connectivity index (χ3n) is 7.45. The lowest BCUT2D eigenvalue weighted by Crippen LogP contribution is -2.39. The zero-order chi connectivity index (χ0) is 34.4. The molecular weight excluding hydrogens is 600 g/mol. The molecule has 1 amide bonds. The molecule has 256 valence electrons. The average Bonchev–Trinajstić information content (AvgIpc) is 3.35. The first-order valence-electron chi connectivity index (χ1n) is 15.7. The highest BCUT2D eigenvalue weighted by molar-refractivity contribution is 5.80. The van der Waals surface area contributed by atoms with Gasteiger partial charge in [0, 0.05) is 44.0 Å². The van der Waals surface area contributed by atoms with Gasteiger partial charge in [-0.1, -0.05) is 45.8 Å². The van der Waals surface area contributed by atoms with Gasteiger partial charge >= 0.3 is 12.4 Å². The predicted molar refractivity (Wildman–Crippen MR) is 166 cm³/mol. The topological polar surface area (TPSA) is 81.7 Å². The molecule has 1 N–H and O–H groups in total. The average molecular weight is 650 g/mol. The van der Waals surface area contributed by atoms with Crippen LogP contribution < -0.4 is 5.56 Å². The van der Waals surface area contributed by atoms with Gasteiger partial charge < -0.3 is 4.90 Å². The van der Waals surface area contributed by atoms with Crippen LogP contribution in [-0.2, 0) is 17.4 Å². The summed E-state index contributed by atoms with van der Waals surface area (Å²) >= 11 is 0. The smallest absolute Gasteiger partial charge is 0.343 e. The first-order valence-corrected chi connectivity index (χ1v) is 15.7. The van der Waals surface area contributed by atoms with E-state index < -0.39 is 29.0 Å². The van der Waals surface area contributed by atoms with Crippen molar-refractivity contribution in [2.75, 3.05) is 19.6 Å². The molecule has 45 heavy (non-hydrogen) atoms. The Morgan fingerprint density at radius 3 is 2.24 bits per heavy atom. The number of hydrogen-bond donors (Lipinski definition) is 1. The number of hydrogen-bond acceptors (Lipinski definition) is 5. The number of aromatic amines is 1. The molecule has 2 rings (SSSR count). The van der Waals surface area contributed by atoms with E-state index in [9.17, 15) is 35.9 Å². The second kappa shape index (κ2) is 18.9. The number of alkyl halides is 6. The van der Waals surface area contributed by atoms with Crippen LogP contribution in [0.4, 0.5) is 26.3 Å². The van der Waals surface area contributed by atoms with Gasteiger partial charge in [-0.15, -0.1) is 0 Å². The molecule has 13 heteroatoms. The Morgan fingerprint density at radius 1 is 1.07 bits per heavy atom. The minimum absolute atomic E-state index is 0.00889. The zero-order valence-corrected chi connectivity index (χ0v) is 27.5. The number of carbonyl (C=O) groups excluding carboxylic acids is 1. The largest absolute Gasteiger partial charge is 0.422 e. The van der Waals surface area contributed by atoms with Crippen LogP contribution in [0.2, 0.25) is 0 Å². The summed E-state index contributed by atoms with van der Waals surface area (Å²) in [5.74, 6) is 0.0761. The van der Waals surface area contributed by atoms with Gasteiger partial charge in [0.15, 0.2) is 0 Å². The minimum Gasteiger partial charge on any atom is -0.343 e. The SMILES string of the molecule is CCCCCN(CCC)C(=O)CCN(C(C)C)C1CCc2c1n[nH]c(=O)c2C(F)(F)F.C\C=C(/C=N/C(C)=C/CC)C(F)(F)F. The molecule has 0 saturated heterocycles. The molecule has 0 bridgehead atoms. The van der Waals surface area contributed by atoms with Crippen LogP contribution in [0.3, 0.4) is 0 Å². The van der Waals surface area contributed by atoms with E-state index in [0.29, 0.717) is 31.6 Å². The van der Waals surface area contributed by atoms with E-state index in [-0.39, 0.29) is 35.7 Å². The summed E-state index contributed by atoms with van der Waals surface area (Å²) in [5, 5.41) is 6.02. The van der Waals surface area contributed by atoms with Gasteiger partial charge in [0.1, 0.15) is 5.56 Å².